The normalized spacial score (nSPS) is 16.2. The molecule has 250 valence electrons. The molecule has 3 aromatic rings. The van der Waals surface area contributed by atoms with Crippen LogP contribution >= 0.6 is 0 Å². The molecule has 46 heavy (non-hydrogen) atoms. The third-order valence-electron chi connectivity index (χ3n) is 7.10. The summed E-state index contributed by atoms with van der Waals surface area (Å²) in [4.78, 5) is 0. The van der Waals surface area contributed by atoms with Gasteiger partial charge in [0.25, 0.3) is 0 Å². The lowest BCUT2D eigenvalue weighted by Gasteiger charge is -2.15. The van der Waals surface area contributed by atoms with Crippen LogP contribution in [0.4, 0.5) is 0 Å². The zero-order valence-corrected chi connectivity index (χ0v) is 26.9. The van der Waals surface area contributed by atoms with E-state index in [0.717, 1.165) is 31.4 Å². The number of ether oxygens (including phenoxy) is 8. The molecule has 0 fully saturated rings. The first-order valence-electron chi connectivity index (χ1n) is 16.3. The average Bonchev–Trinajstić information content (AvgIpc) is 3.08. The minimum Gasteiger partial charge on any atom is -0.487 e. The Labute approximate surface area is 273 Å². The SMILES string of the molecule is C=CCCCc1ccc(CNCc2ccc3c(c2)OCCOCCOCCOc2ccccc2OCCOCCOCCO3)cc1. The van der Waals surface area contributed by atoms with Crippen molar-refractivity contribution < 1.29 is 37.9 Å². The number of benzene rings is 3. The van der Waals surface area contributed by atoms with Gasteiger partial charge in [0.1, 0.15) is 26.4 Å². The van der Waals surface area contributed by atoms with E-state index in [2.05, 4.69) is 42.2 Å². The third kappa shape index (κ3) is 13.8. The van der Waals surface area contributed by atoms with E-state index in [1.807, 2.05) is 42.5 Å². The van der Waals surface area contributed by atoms with Gasteiger partial charge in [-0.05, 0) is 60.2 Å². The summed E-state index contributed by atoms with van der Waals surface area (Å²) in [6.45, 7) is 10.5. The van der Waals surface area contributed by atoms with Crippen LogP contribution in [-0.4, -0.2) is 79.3 Å². The lowest BCUT2D eigenvalue weighted by atomic mass is 10.1. The van der Waals surface area contributed by atoms with E-state index in [1.165, 1.54) is 11.1 Å². The molecule has 1 aliphatic heterocycles. The predicted molar refractivity (Wildman–Crippen MR) is 178 cm³/mol. The molecule has 0 spiro atoms. The minimum atomic E-state index is 0.389. The summed E-state index contributed by atoms with van der Waals surface area (Å²) < 4.78 is 46.5. The summed E-state index contributed by atoms with van der Waals surface area (Å²) in [6, 6.07) is 22.4. The molecule has 3 aromatic carbocycles. The van der Waals surface area contributed by atoms with Gasteiger partial charge in [0.15, 0.2) is 23.0 Å². The predicted octanol–water partition coefficient (Wildman–Crippen LogP) is 5.78. The first-order chi connectivity index (χ1) is 22.8. The van der Waals surface area contributed by atoms with Gasteiger partial charge in [-0.25, -0.2) is 0 Å². The van der Waals surface area contributed by atoms with Crippen molar-refractivity contribution in [2.24, 2.45) is 0 Å². The Morgan fingerprint density at radius 1 is 0.500 bits per heavy atom. The molecule has 0 amide bonds. The van der Waals surface area contributed by atoms with Crippen molar-refractivity contribution in [3.8, 4) is 23.0 Å². The largest absolute Gasteiger partial charge is 0.487 e. The maximum Gasteiger partial charge on any atom is 0.161 e. The second-order valence-corrected chi connectivity index (χ2v) is 10.7. The zero-order chi connectivity index (χ0) is 31.9. The second kappa shape index (κ2) is 22.0. The summed E-state index contributed by atoms with van der Waals surface area (Å²) in [6.07, 6.45) is 5.24. The van der Waals surface area contributed by atoms with Crippen molar-refractivity contribution in [2.45, 2.75) is 32.4 Å². The second-order valence-electron chi connectivity index (χ2n) is 10.7. The van der Waals surface area contributed by atoms with Gasteiger partial charge in [0, 0.05) is 13.1 Å². The van der Waals surface area contributed by atoms with Crippen LogP contribution in [0.2, 0.25) is 0 Å². The topological polar surface area (TPSA) is 85.9 Å². The summed E-state index contributed by atoms with van der Waals surface area (Å²) in [5.74, 6) is 2.71. The van der Waals surface area contributed by atoms with Crippen LogP contribution in [0.1, 0.15) is 29.5 Å². The molecular weight excluding hydrogens is 586 g/mol. The number of fused-ring (bicyclic) bond motifs is 2. The lowest BCUT2D eigenvalue weighted by molar-refractivity contribution is 0.0223. The van der Waals surface area contributed by atoms with E-state index in [-0.39, 0.29) is 0 Å². The number of nitrogens with one attached hydrogen (secondary N) is 1. The monoisotopic (exact) mass is 635 g/mol. The molecule has 0 saturated heterocycles. The van der Waals surface area contributed by atoms with Crippen molar-refractivity contribution in [1.82, 2.24) is 5.32 Å². The summed E-state index contributed by atoms with van der Waals surface area (Å²) in [7, 11) is 0. The third-order valence-corrected chi connectivity index (χ3v) is 7.10. The fourth-order valence-electron chi connectivity index (χ4n) is 4.69. The van der Waals surface area contributed by atoms with E-state index < -0.39 is 0 Å². The van der Waals surface area contributed by atoms with Gasteiger partial charge in [0.2, 0.25) is 0 Å². The Kier molecular flexibility index (Phi) is 16.9. The molecular formula is C37H49NO8. The molecule has 0 saturated carbocycles. The highest BCUT2D eigenvalue weighted by atomic mass is 16.6. The molecule has 0 aliphatic carbocycles. The van der Waals surface area contributed by atoms with E-state index in [0.29, 0.717) is 109 Å². The van der Waals surface area contributed by atoms with E-state index >= 15 is 0 Å². The Morgan fingerprint density at radius 2 is 0.935 bits per heavy atom. The van der Waals surface area contributed by atoms with Crippen molar-refractivity contribution in [2.75, 3.05) is 79.3 Å². The Balaban J connectivity index is 1.24. The molecule has 0 unspecified atom stereocenters. The van der Waals surface area contributed by atoms with Crippen LogP contribution in [0, 0.1) is 0 Å². The van der Waals surface area contributed by atoms with Crippen molar-refractivity contribution in [1.29, 1.82) is 0 Å². The Bertz CT molecular complexity index is 1250. The molecule has 1 heterocycles. The Morgan fingerprint density at radius 3 is 1.48 bits per heavy atom. The standard InChI is InChI=1S/C37H49NO8/c1-2-3-4-7-31-10-12-32(13-11-31)29-38-30-33-14-15-36-37(28-33)46-27-23-42-19-18-40-21-25-44-35-9-6-5-8-34(35)43-24-20-39-16-17-41-22-26-45-36/h2,5-6,8-15,28,38H,1,3-4,7,16-27,29-30H2. The van der Waals surface area contributed by atoms with Gasteiger partial charge in [-0.15, -0.1) is 6.58 Å². The van der Waals surface area contributed by atoms with Gasteiger partial charge in [-0.2, -0.15) is 0 Å². The van der Waals surface area contributed by atoms with Crippen LogP contribution < -0.4 is 24.3 Å². The molecule has 0 radical (unpaired) electrons. The molecule has 0 bridgehead atoms. The molecule has 0 aromatic heterocycles. The van der Waals surface area contributed by atoms with Gasteiger partial charge < -0.3 is 43.2 Å². The summed E-state index contributed by atoms with van der Waals surface area (Å²) in [5, 5.41) is 3.54. The number of allylic oxidation sites excluding steroid dienone is 1. The maximum atomic E-state index is 6.10. The highest BCUT2D eigenvalue weighted by Crippen LogP contribution is 2.29. The number of hydrogen-bond acceptors (Lipinski definition) is 9. The molecule has 9 heteroatoms. The highest BCUT2D eigenvalue weighted by molar-refractivity contribution is 5.43. The average molecular weight is 636 g/mol. The fourth-order valence-corrected chi connectivity index (χ4v) is 4.69. The van der Waals surface area contributed by atoms with Crippen molar-refractivity contribution in [3.05, 3.63) is 96.1 Å². The highest BCUT2D eigenvalue weighted by Gasteiger charge is 2.09. The van der Waals surface area contributed by atoms with Gasteiger partial charge in [0.05, 0.1) is 52.9 Å². The van der Waals surface area contributed by atoms with Crippen LogP contribution in [0.15, 0.2) is 79.4 Å². The van der Waals surface area contributed by atoms with Gasteiger partial charge >= 0.3 is 0 Å². The van der Waals surface area contributed by atoms with E-state index in [9.17, 15) is 0 Å². The van der Waals surface area contributed by atoms with Gasteiger partial charge in [-0.1, -0.05) is 48.5 Å². The number of unbranched alkanes of at least 4 members (excludes halogenated alkanes) is 1. The Hall–Kier alpha value is -3.60. The molecule has 9 nitrogen and oxygen atoms in total. The maximum absolute atomic E-state index is 6.10. The number of rotatable bonds is 8. The molecule has 0 atom stereocenters. The molecule has 4 rings (SSSR count). The van der Waals surface area contributed by atoms with Crippen LogP contribution in [0.3, 0.4) is 0 Å². The number of aryl methyl sites for hydroxylation is 1. The fraction of sp³-hybridized carbons (Fsp3) is 0.459. The summed E-state index contributed by atoms with van der Waals surface area (Å²) in [5.41, 5.74) is 3.72. The van der Waals surface area contributed by atoms with E-state index in [4.69, 9.17) is 37.9 Å². The number of para-hydroxylation sites is 2. The number of hydrogen-bond donors (Lipinski definition) is 1. The van der Waals surface area contributed by atoms with E-state index in [1.54, 1.807) is 0 Å². The van der Waals surface area contributed by atoms with Gasteiger partial charge in [-0.3, -0.25) is 0 Å². The first kappa shape index (κ1) is 35.3. The lowest BCUT2D eigenvalue weighted by Crippen LogP contribution is -2.16. The van der Waals surface area contributed by atoms with Crippen LogP contribution in [-0.2, 0) is 38.5 Å². The smallest absolute Gasteiger partial charge is 0.161 e. The van der Waals surface area contributed by atoms with Crippen molar-refractivity contribution in [3.63, 3.8) is 0 Å². The molecule has 1 N–H and O–H groups in total. The van der Waals surface area contributed by atoms with Crippen LogP contribution in [0.5, 0.6) is 23.0 Å². The van der Waals surface area contributed by atoms with Crippen LogP contribution in [0.25, 0.3) is 0 Å². The zero-order valence-electron chi connectivity index (χ0n) is 26.9. The first-order valence-corrected chi connectivity index (χ1v) is 16.3. The van der Waals surface area contributed by atoms with Crippen molar-refractivity contribution >= 4 is 0 Å². The summed E-state index contributed by atoms with van der Waals surface area (Å²) >= 11 is 0. The quantitative estimate of drug-likeness (QED) is 0.245. The minimum absolute atomic E-state index is 0.389. The molecule has 1 aliphatic rings.